The summed E-state index contributed by atoms with van der Waals surface area (Å²) in [6, 6.07) is 4.60. The van der Waals surface area contributed by atoms with Crippen LogP contribution in [0.15, 0.2) is 18.2 Å². The quantitative estimate of drug-likeness (QED) is 0.663. The minimum atomic E-state index is -0.271. The minimum Gasteiger partial charge on any atom is -0.499 e. The van der Waals surface area contributed by atoms with Gasteiger partial charge in [0, 0.05) is 16.2 Å². The van der Waals surface area contributed by atoms with Gasteiger partial charge in [0.05, 0.1) is 0 Å². The normalized spacial score (nSPS) is 10.8. The third-order valence-electron chi connectivity index (χ3n) is 1.81. The zero-order valence-corrected chi connectivity index (χ0v) is 7.28. The van der Waals surface area contributed by atoms with E-state index >= 15 is 0 Å². The molecule has 0 aliphatic heterocycles. The molecule has 0 amide bonds. The average Bonchev–Trinajstić information content (AvgIpc) is 2.41. The molecule has 62 valence electrons. The largest absolute Gasteiger partial charge is 0.499 e. The Morgan fingerprint density at radius 2 is 2.17 bits per heavy atom. The Balaban J connectivity index is 2.93. The number of aromatic hydroxyl groups is 1. The van der Waals surface area contributed by atoms with Crippen LogP contribution in [0.3, 0.4) is 0 Å². The summed E-state index contributed by atoms with van der Waals surface area (Å²) in [6.45, 7) is 1.90. The van der Waals surface area contributed by atoms with Crippen molar-refractivity contribution in [2.24, 2.45) is 0 Å². The summed E-state index contributed by atoms with van der Waals surface area (Å²) in [6.07, 6.45) is 0. The fraction of sp³-hybridized carbons (Fsp3) is 0.111. The maximum absolute atomic E-state index is 13.1. The van der Waals surface area contributed by atoms with E-state index in [1.54, 1.807) is 6.07 Å². The molecule has 3 heteroatoms. The van der Waals surface area contributed by atoms with Crippen LogP contribution >= 0.6 is 11.3 Å². The van der Waals surface area contributed by atoms with E-state index in [-0.39, 0.29) is 10.9 Å². The highest BCUT2D eigenvalue weighted by atomic mass is 32.1. The Kier molecular flexibility index (Phi) is 1.54. The van der Waals surface area contributed by atoms with Gasteiger partial charge in [0.25, 0.3) is 0 Å². The van der Waals surface area contributed by atoms with Crippen molar-refractivity contribution >= 4 is 21.4 Å². The van der Waals surface area contributed by atoms with E-state index in [1.165, 1.54) is 23.5 Å². The molecule has 0 unspecified atom stereocenters. The molecule has 0 fully saturated rings. The molecule has 0 aliphatic carbocycles. The van der Waals surface area contributed by atoms with Crippen molar-refractivity contribution in [1.29, 1.82) is 0 Å². The molecule has 1 N–H and O–H groups in total. The zero-order valence-electron chi connectivity index (χ0n) is 6.47. The molecule has 0 aliphatic rings. The third kappa shape index (κ3) is 0.975. The topological polar surface area (TPSA) is 20.2 Å². The van der Waals surface area contributed by atoms with Crippen molar-refractivity contribution in [2.75, 3.05) is 0 Å². The molecule has 1 aromatic carbocycles. The number of halogens is 1. The van der Waals surface area contributed by atoms with Crippen LogP contribution in [0, 0.1) is 12.7 Å². The second-order valence-electron chi connectivity index (χ2n) is 2.69. The first-order valence-corrected chi connectivity index (χ1v) is 4.38. The molecule has 12 heavy (non-hydrogen) atoms. The van der Waals surface area contributed by atoms with Crippen molar-refractivity contribution in [3.8, 4) is 5.06 Å². The molecule has 1 heterocycles. The lowest BCUT2D eigenvalue weighted by Crippen LogP contribution is -1.76. The summed E-state index contributed by atoms with van der Waals surface area (Å²) in [4.78, 5) is 0. The molecule has 2 aromatic rings. The van der Waals surface area contributed by atoms with Crippen LogP contribution in [-0.2, 0) is 0 Å². The molecule has 1 aromatic heterocycles. The Morgan fingerprint density at radius 3 is 2.83 bits per heavy atom. The van der Waals surface area contributed by atoms with Crippen molar-refractivity contribution in [2.45, 2.75) is 6.92 Å². The van der Waals surface area contributed by atoms with Gasteiger partial charge in [0.1, 0.15) is 5.82 Å². The highest BCUT2D eigenvalue weighted by molar-refractivity contribution is 7.20. The fourth-order valence-electron chi connectivity index (χ4n) is 1.21. The zero-order chi connectivity index (χ0) is 8.72. The summed E-state index contributed by atoms with van der Waals surface area (Å²) in [5.74, 6) is -0.271. The highest BCUT2D eigenvalue weighted by Crippen LogP contribution is 2.34. The number of benzene rings is 1. The maximum atomic E-state index is 13.1. The Hall–Kier alpha value is -1.09. The SMILES string of the molecule is Cc1ccc(F)c2cc(O)sc12. The van der Waals surface area contributed by atoms with E-state index in [4.69, 9.17) is 5.11 Å². The second kappa shape index (κ2) is 2.45. The molecule has 0 saturated carbocycles. The van der Waals surface area contributed by atoms with Gasteiger partial charge in [-0.2, -0.15) is 0 Å². The smallest absolute Gasteiger partial charge is 0.172 e. The Labute approximate surface area is 73.1 Å². The lowest BCUT2D eigenvalue weighted by atomic mass is 10.2. The van der Waals surface area contributed by atoms with E-state index in [2.05, 4.69) is 0 Å². The molecule has 0 saturated heterocycles. The van der Waals surface area contributed by atoms with Crippen LogP contribution in [0.1, 0.15) is 5.56 Å². The summed E-state index contributed by atoms with van der Waals surface area (Å²) < 4.78 is 13.9. The molecule has 0 atom stereocenters. The van der Waals surface area contributed by atoms with Crippen molar-refractivity contribution in [3.63, 3.8) is 0 Å². The van der Waals surface area contributed by atoms with Crippen molar-refractivity contribution in [3.05, 3.63) is 29.6 Å². The van der Waals surface area contributed by atoms with Crippen LogP contribution in [0.25, 0.3) is 10.1 Å². The predicted molar refractivity (Wildman–Crippen MR) is 48.2 cm³/mol. The van der Waals surface area contributed by atoms with Gasteiger partial charge < -0.3 is 5.11 Å². The van der Waals surface area contributed by atoms with Gasteiger partial charge in [0.15, 0.2) is 5.06 Å². The average molecular weight is 182 g/mol. The first kappa shape index (κ1) is 7.55. The molecule has 0 radical (unpaired) electrons. The van der Waals surface area contributed by atoms with Crippen LogP contribution < -0.4 is 0 Å². The number of rotatable bonds is 0. The molecule has 2 rings (SSSR count). The lowest BCUT2D eigenvalue weighted by molar-refractivity contribution is 0.491. The van der Waals surface area contributed by atoms with Gasteiger partial charge in [-0.15, -0.1) is 0 Å². The Morgan fingerprint density at radius 1 is 1.42 bits per heavy atom. The van der Waals surface area contributed by atoms with Gasteiger partial charge in [-0.25, -0.2) is 4.39 Å². The standard InChI is InChI=1S/C9H7FOS/c1-5-2-3-7(10)6-4-8(11)12-9(5)6/h2-4,11H,1H3. The summed E-state index contributed by atoms with van der Waals surface area (Å²) in [5.41, 5.74) is 0.997. The van der Waals surface area contributed by atoms with Gasteiger partial charge in [-0.3, -0.25) is 0 Å². The summed E-state index contributed by atoms with van der Waals surface area (Å²) >= 11 is 1.21. The first-order chi connectivity index (χ1) is 5.68. The fourth-order valence-corrected chi connectivity index (χ4v) is 2.09. The maximum Gasteiger partial charge on any atom is 0.172 e. The van der Waals surface area contributed by atoms with E-state index < -0.39 is 0 Å². The van der Waals surface area contributed by atoms with Crippen LogP contribution in [0.2, 0.25) is 0 Å². The summed E-state index contributed by atoms with van der Waals surface area (Å²) in [5, 5.41) is 9.83. The Bertz CT molecular complexity index is 394. The highest BCUT2D eigenvalue weighted by Gasteiger charge is 2.06. The molecular formula is C9H7FOS. The van der Waals surface area contributed by atoms with E-state index in [1.807, 2.05) is 6.92 Å². The van der Waals surface area contributed by atoms with Gasteiger partial charge in [-0.05, 0) is 18.6 Å². The van der Waals surface area contributed by atoms with Crippen LogP contribution in [-0.4, -0.2) is 5.11 Å². The van der Waals surface area contributed by atoms with E-state index in [0.29, 0.717) is 5.39 Å². The molecule has 0 bridgehead atoms. The number of hydrogen-bond acceptors (Lipinski definition) is 2. The summed E-state index contributed by atoms with van der Waals surface area (Å²) in [7, 11) is 0. The lowest BCUT2D eigenvalue weighted by Gasteiger charge is -1.94. The second-order valence-corrected chi connectivity index (χ2v) is 3.72. The van der Waals surface area contributed by atoms with Crippen LogP contribution in [0.4, 0.5) is 4.39 Å². The number of hydrogen-bond donors (Lipinski definition) is 1. The van der Waals surface area contributed by atoms with E-state index in [0.717, 1.165) is 10.3 Å². The number of thiophene rings is 1. The van der Waals surface area contributed by atoms with Gasteiger partial charge in [0.2, 0.25) is 0 Å². The predicted octanol–water partition coefficient (Wildman–Crippen LogP) is 3.05. The molecule has 1 nitrogen and oxygen atoms in total. The minimum absolute atomic E-state index is 0.165. The van der Waals surface area contributed by atoms with Crippen molar-refractivity contribution in [1.82, 2.24) is 0 Å². The van der Waals surface area contributed by atoms with Gasteiger partial charge in [-0.1, -0.05) is 17.4 Å². The number of aryl methyl sites for hydroxylation is 1. The number of fused-ring (bicyclic) bond motifs is 1. The van der Waals surface area contributed by atoms with Crippen molar-refractivity contribution < 1.29 is 9.50 Å². The van der Waals surface area contributed by atoms with E-state index in [9.17, 15) is 4.39 Å². The molecule has 0 spiro atoms. The monoisotopic (exact) mass is 182 g/mol. The molecular weight excluding hydrogens is 175 g/mol. The third-order valence-corrected chi connectivity index (χ3v) is 2.89. The van der Waals surface area contributed by atoms with Gasteiger partial charge >= 0.3 is 0 Å². The van der Waals surface area contributed by atoms with Crippen LogP contribution in [0.5, 0.6) is 5.06 Å². The first-order valence-electron chi connectivity index (χ1n) is 3.56.